The molecule has 0 aromatic carbocycles. The van der Waals surface area contributed by atoms with Crippen LogP contribution < -0.4 is 11.1 Å². The number of nitrogens with one attached hydrogen (secondary N) is 1. The minimum Gasteiger partial charge on any atom is -0.393 e. The van der Waals surface area contributed by atoms with E-state index in [1.165, 1.54) is 0 Å². The van der Waals surface area contributed by atoms with Gasteiger partial charge in [-0.1, -0.05) is 18.6 Å². The highest BCUT2D eigenvalue weighted by Gasteiger charge is 2.34. The van der Waals surface area contributed by atoms with Crippen LogP contribution in [-0.2, 0) is 14.6 Å². The van der Waals surface area contributed by atoms with Crippen LogP contribution in [0.2, 0.25) is 0 Å². The van der Waals surface area contributed by atoms with E-state index in [4.69, 9.17) is 18.0 Å². The van der Waals surface area contributed by atoms with E-state index in [1.54, 1.807) is 0 Å². The minimum absolute atomic E-state index is 0.131. The summed E-state index contributed by atoms with van der Waals surface area (Å²) in [5.41, 5.74) is 5.35. The molecule has 104 valence electrons. The SMILES string of the molecule is NC(=S)CCCCNC(=O)C1CCCCS1(=O)=O. The van der Waals surface area contributed by atoms with Crippen molar-refractivity contribution < 1.29 is 13.2 Å². The van der Waals surface area contributed by atoms with Gasteiger partial charge in [0.15, 0.2) is 9.84 Å². The first-order valence-corrected chi connectivity index (χ1v) is 8.33. The number of sulfone groups is 1. The van der Waals surface area contributed by atoms with Crippen LogP contribution in [0.4, 0.5) is 0 Å². The highest BCUT2D eigenvalue weighted by atomic mass is 32.2. The molecule has 18 heavy (non-hydrogen) atoms. The lowest BCUT2D eigenvalue weighted by Gasteiger charge is -2.21. The lowest BCUT2D eigenvalue weighted by Crippen LogP contribution is -2.43. The molecule has 1 atom stereocenters. The molecule has 0 aliphatic carbocycles. The highest BCUT2D eigenvalue weighted by molar-refractivity contribution is 7.92. The number of hydrogen-bond acceptors (Lipinski definition) is 4. The average molecular weight is 292 g/mol. The molecule has 0 radical (unpaired) electrons. The van der Waals surface area contributed by atoms with Crippen molar-refractivity contribution in [3.8, 4) is 0 Å². The molecule has 0 aromatic rings. The Kier molecular flexibility index (Phi) is 6.01. The van der Waals surface area contributed by atoms with Gasteiger partial charge in [-0.3, -0.25) is 4.79 Å². The number of hydrogen-bond donors (Lipinski definition) is 2. The molecule has 0 bridgehead atoms. The quantitative estimate of drug-likeness (QED) is 0.550. The van der Waals surface area contributed by atoms with Crippen LogP contribution >= 0.6 is 12.2 Å². The third-order valence-corrected chi connectivity index (χ3v) is 5.40. The van der Waals surface area contributed by atoms with Gasteiger partial charge in [-0.25, -0.2) is 8.42 Å². The Hall–Kier alpha value is -0.690. The van der Waals surface area contributed by atoms with Gasteiger partial charge >= 0.3 is 0 Å². The van der Waals surface area contributed by atoms with E-state index in [0.29, 0.717) is 30.8 Å². The Balaban J connectivity index is 2.30. The predicted octanol–water partition coefficient (Wildman–Crippen LogP) is 0.526. The van der Waals surface area contributed by atoms with Gasteiger partial charge in [0.05, 0.1) is 10.7 Å². The molecule has 3 N–H and O–H groups in total. The lowest BCUT2D eigenvalue weighted by molar-refractivity contribution is -0.120. The molecular formula is C11H20N2O3S2. The number of carbonyl (C=O) groups excluding carboxylic acids is 1. The predicted molar refractivity (Wildman–Crippen MR) is 75.1 cm³/mol. The largest absolute Gasteiger partial charge is 0.393 e. The summed E-state index contributed by atoms with van der Waals surface area (Å²) in [5, 5.41) is 1.83. The molecule has 0 aromatic heterocycles. The van der Waals surface area contributed by atoms with Crippen molar-refractivity contribution in [2.24, 2.45) is 5.73 Å². The summed E-state index contributed by atoms with van der Waals surface area (Å²) in [4.78, 5) is 12.2. The van der Waals surface area contributed by atoms with Gasteiger partial charge < -0.3 is 11.1 Å². The number of amides is 1. The van der Waals surface area contributed by atoms with E-state index < -0.39 is 15.1 Å². The highest BCUT2D eigenvalue weighted by Crippen LogP contribution is 2.19. The van der Waals surface area contributed by atoms with Gasteiger partial charge in [0.1, 0.15) is 5.25 Å². The van der Waals surface area contributed by atoms with Crippen molar-refractivity contribution in [3.63, 3.8) is 0 Å². The zero-order valence-corrected chi connectivity index (χ0v) is 12.0. The van der Waals surface area contributed by atoms with Gasteiger partial charge in [-0.15, -0.1) is 0 Å². The maximum atomic E-state index is 11.8. The number of rotatable bonds is 6. The van der Waals surface area contributed by atoms with Crippen molar-refractivity contribution in [2.75, 3.05) is 12.3 Å². The molecule has 0 spiro atoms. The molecule has 1 aliphatic heterocycles. The number of carbonyl (C=O) groups is 1. The molecular weight excluding hydrogens is 272 g/mol. The number of unbranched alkanes of at least 4 members (excludes halogenated alkanes) is 1. The summed E-state index contributed by atoms with van der Waals surface area (Å²) in [6, 6.07) is 0. The van der Waals surface area contributed by atoms with Gasteiger partial charge in [-0.2, -0.15) is 0 Å². The molecule has 0 saturated carbocycles. The fourth-order valence-corrected chi connectivity index (χ4v) is 3.97. The van der Waals surface area contributed by atoms with Crippen molar-refractivity contribution in [1.29, 1.82) is 0 Å². The first-order chi connectivity index (χ1) is 8.43. The van der Waals surface area contributed by atoms with Crippen LogP contribution in [0, 0.1) is 0 Å². The maximum absolute atomic E-state index is 11.8. The van der Waals surface area contributed by atoms with Crippen LogP contribution in [0.15, 0.2) is 0 Å². The third kappa shape index (κ3) is 4.89. The first kappa shape index (κ1) is 15.4. The Bertz CT molecular complexity index is 407. The van der Waals surface area contributed by atoms with Crippen LogP contribution in [0.3, 0.4) is 0 Å². The minimum atomic E-state index is -3.23. The second-order valence-corrected chi connectivity index (χ2v) is 7.39. The van der Waals surface area contributed by atoms with Gasteiger partial charge in [0, 0.05) is 6.54 Å². The molecule has 7 heteroatoms. The lowest BCUT2D eigenvalue weighted by atomic mass is 10.2. The third-order valence-electron chi connectivity index (χ3n) is 3.02. The van der Waals surface area contributed by atoms with E-state index in [9.17, 15) is 13.2 Å². The summed E-state index contributed by atoms with van der Waals surface area (Å²) in [7, 11) is -3.23. The topological polar surface area (TPSA) is 89.3 Å². The van der Waals surface area contributed by atoms with Crippen molar-refractivity contribution in [1.82, 2.24) is 5.32 Å². The molecule has 1 aliphatic rings. The molecule has 1 fully saturated rings. The van der Waals surface area contributed by atoms with Gasteiger partial charge in [0.2, 0.25) is 5.91 Å². The van der Waals surface area contributed by atoms with E-state index in [0.717, 1.165) is 19.3 Å². The second-order valence-electron chi connectivity index (χ2n) is 4.57. The van der Waals surface area contributed by atoms with Gasteiger partial charge in [0.25, 0.3) is 0 Å². The van der Waals surface area contributed by atoms with Crippen LogP contribution in [0.5, 0.6) is 0 Å². The van der Waals surface area contributed by atoms with Crippen molar-refractivity contribution in [2.45, 2.75) is 43.8 Å². The monoisotopic (exact) mass is 292 g/mol. The number of thiocarbonyl (C=S) groups is 1. The zero-order valence-electron chi connectivity index (χ0n) is 10.4. The standard InChI is InChI=1S/C11H20N2O3S2/c12-10(17)6-1-3-7-13-11(14)9-5-2-4-8-18(9,15)16/h9H,1-8H2,(H2,12,17)(H,13,14). The van der Waals surface area contributed by atoms with Crippen LogP contribution in [0.25, 0.3) is 0 Å². The Labute approximate surface area is 113 Å². The number of nitrogens with two attached hydrogens (primary N) is 1. The van der Waals surface area contributed by atoms with Gasteiger partial charge in [-0.05, 0) is 32.1 Å². The van der Waals surface area contributed by atoms with E-state index >= 15 is 0 Å². The van der Waals surface area contributed by atoms with E-state index in [1.807, 2.05) is 0 Å². The second kappa shape index (κ2) is 7.04. The molecule has 1 rings (SSSR count). The fourth-order valence-electron chi connectivity index (χ4n) is 2.00. The normalized spacial score (nSPS) is 22.3. The Morgan fingerprint density at radius 2 is 2.06 bits per heavy atom. The summed E-state index contributed by atoms with van der Waals surface area (Å²) >= 11 is 4.74. The summed E-state index contributed by atoms with van der Waals surface area (Å²) in [6.45, 7) is 0.480. The molecule has 5 nitrogen and oxygen atoms in total. The van der Waals surface area contributed by atoms with Crippen molar-refractivity contribution in [3.05, 3.63) is 0 Å². The average Bonchev–Trinajstić information content (AvgIpc) is 2.27. The van der Waals surface area contributed by atoms with E-state index in [-0.39, 0.29) is 11.7 Å². The summed E-state index contributed by atoms with van der Waals surface area (Å²) < 4.78 is 23.4. The fraction of sp³-hybridized carbons (Fsp3) is 0.818. The zero-order chi connectivity index (χ0) is 13.6. The van der Waals surface area contributed by atoms with Crippen molar-refractivity contribution >= 4 is 33.0 Å². The summed E-state index contributed by atoms with van der Waals surface area (Å²) in [6.07, 6.45) is 4.15. The van der Waals surface area contributed by atoms with Crippen LogP contribution in [0.1, 0.15) is 38.5 Å². The Morgan fingerprint density at radius 3 is 2.67 bits per heavy atom. The maximum Gasteiger partial charge on any atom is 0.238 e. The van der Waals surface area contributed by atoms with E-state index in [2.05, 4.69) is 5.32 Å². The summed E-state index contributed by atoms with van der Waals surface area (Å²) in [5.74, 6) is -0.225. The van der Waals surface area contributed by atoms with Crippen LogP contribution in [-0.4, -0.2) is 36.9 Å². The smallest absolute Gasteiger partial charge is 0.238 e. The molecule has 1 heterocycles. The molecule has 1 unspecified atom stereocenters. The Morgan fingerprint density at radius 1 is 1.33 bits per heavy atom. The first-order valence-electron chi connectivity index (χ1n) is 6.21. The molecule has 1 amide bonds. The molecule has 1 saturated heterocycles.